The Kier molecular flexibility index (Phi) is 4.17. The Hall–Kier alpha value is -1.92. The van der Waals surface area contributed by atoms with Crippen LogP contribution in [0.25, 0.3) is 11.1 Å². The molecule has 1 aliphatic heterocycles. The van der Waals surface area contributed by atoms with Crippen LogP contribution in [0, 0.1) is 5.92 Å². The number of para-hydroxylation sites is 2. The normalized spacial score (nSPS) is 21.8. The second-order valence-corrected chi connectivity index (χ2v) is 5.37. The Morgan fingerprint density at radius 3 is 3.05 bits per heavy atom. The number of aliphatic hydroxyl groups is 1. The van der Waals surface area contributed by atoms with Gasteiger partial charge in [-0.25, -0.2) is 4.98 Å². The number of aliphatic hydroxyl groups excluding tert-OH is 1. The fraction of sp³-hybridized carbons (Fsp3) is 0.467. The van der Waals surface area contributed by atoms with Crippen LogP contribution in [0.5, 0.6) is 0 Å². The molecule has 3 rings (SSSR count). The highest BCUT2D eigenvalue weighted by Crippen LogP contribution is 2.15. The lowest BCUT2D eigenvalue weighted by Crippen LogP contribution is -2.34. The van der Waals surface area contributed by atoms with Crippen LogP contribution < -0.4 is 10.6 Å². The van der Waals surface area contributed by atoms with Crippen molar-refractivity contribution in [3.63, 3.8) is 0 Å². The lowest BCUT2D eigenvalue weighted by molar-refractivity contribution is -0.121. The molecule has 2 heterocycles. The summed E-state index contributed by atoms with van der Waals surface area (Å²) in [6.07, 6.45) is 0.442. The summed E-state index contributed by atoms with van der Waals surface area (Å²) in [6, 6.07) is 7.55. The summed E-state index contributed by atoms with van der Waals surface area (Å²) in [7, 11) is 0. The molecule has 6 heteroatoms. The van der Waals surface area contributed by atoms with Crippen molar-refractivity contribution < 1.29 is 14.3 Å². The Morgan fingerprint density at radius 2 is 2.29 bits per heavy atom. The van der Waals surface area contributed by atoms with Crippen molar-refractivity contribution in [1.82, 2.24) is 15.6 Å². The molecule has 21 heavy (non-hydrogen) atoms. The Balaban J connectivity index is 1.47. The minimum atomic E-state index is -0.373. The third-order valence-electron chi connectivity index (χ3n) is 3.77. The quantitative estimate of drug-likeness (QED) is 0.744. The monoisotopic (exact) mass is 289 g/mol. The molecule has 1 fully saturated rings. The number of aromatic nitrogens is 1. The Bertz CT molecular complexity index is 592. The number of benzene rings is 1. The summed E-state index contributed by atoms with van der Waals surface area (Å²) in [5.74, 6) is 0.628. The number of carbonyl (C=O) groups is 1. The van der Waals surface area contributed by atoms with Gasteiger partial charge < -0.3 is 20.2 Å². The predicted octanol–water partition coefficient (Wildman–Crippen LogP) is 0.457. The third kappa shape index (κ3) is 3.40. The van der Waals surface area contributed by atoms with Crippen LogP contribution in [-0.2, 0) is 11.2 Å². The zero-order valence-corrected chi connectivity index (χ0v) is 11.7. The highest BCUT2D eigenvalue weighted by molar-refractivity contribution is 5.76. The molecule has 2 unspecified atom stereocenters. The van der Waals surface area contributed by atoms with Crippen LogP contribution in [0.4, 0.5) is 0 Å². The maximum atomic E-state index is 11.8. The molecular formula is C15H19N3O3. The molecular weight excluding hydrogens is 270 g/mol. The van der Waals surface area contributed by atoms with Crippen molar-refractivity contribution in [2.24, 2.45) is 5.92 Å². The maximum absolute atomic E-state index is 11.8. The number of carbonyl (C=O) groups excluding carboxylic acids is 1. The van der Waals surface area contributed by atoms with Gasteiger partial charge in [-0.2, -0.15) is 0 Å². The molecule has 1 amide bonds. The lowest BCUT2D eigenvalue weighted by Gasteiger charge is -2.13. The van der Waals surface area contributed by atoms with Gasteiger partial charge in [0.05, 0.1) is 6.10 Å². The third-order valence-corrected chi connectivity index (χ3v) is 3.77. The van der Waals surface area contributed by atoms with E-state index < -0.39 is 0 Å². The average Bonchev–Trinajstić information content (AvgIpc) is 3.08. The van der Waals surface area contributed by atoms with Gasteiger partial charge in [0.15, 0.2) is 11.5 Å². The summed E-state index contributed by atoms with van der Waals surface area (Å²) in [5.41, 5.74) is 1.56. The number of hydrogen-bond donors (Lipinski definition) is 3. The van der Waals surface area contributed by atoms with E-state index in [1.54, 1.807) is 0 Å². The number of hydrogen-bond acceptors (Lipinski definition) is 5. The van der Waals surface area contributed by atoms with Crippen LogP contribution in [0.3, 0.4) is 0 Å². The Labute approximate surface area is 122 Å². The van der Waals surface area contributed by atoms with E-state index in [1.165, 1.54) is 0 Å². The summed E-state index contributed by atoms with van der Waals surface area (Å²) in [5, 5.41) is 15.6. The molecule has 6 nitrogen and oxygen atoms in total. The number of oxazole rings is 1. The van der Waals surface area contributed by atoms with Gasteiger partial charge in [0.25, 0.3) is 0 Å². The van der Waals surface area contributed by atoms with E-state index in [0.717, 1.165) is 17.6 Å². The van der Waals surface area contributed by atoms with E-state index in [-0.39, 0.29) is 17.9 Å². The first kappa shape index (κ1) is 14.0. The van der Waals surface area contributed by atoms with Gasteiger partial charge >= 0.3 is 0 Å². The minimum absolute atomic E-state index is 0.0450. The summed E-state index contributed by atoms with van der Waals surface area (Å²) >= 11 is 0. The summed E-state index contributed by atoms with van der Waals surface area (Å²) in [4.78, 5) is 16.1. The number of amides is 1. The molecule has 112 valence electrons. The van der Waals surface area contributed by atoms with Gasteiger partial charge in [0.1, 0.15) is 5.52 Å². The lowest BCUT2D eigenvalue weighted by atomic mass is 10.1. The number of fused-ring (bicyclic) bond motifs is 1. The van der Waals surface area contributed by atoms with E-state index in [9.17, 15) is 9.90 Å². The second kappa shape index (κ2) is 6.24. The first-order valence-corrected chi connectivity index (χ1v) is 7.22. The van der Waals surface area contributed by atoms with Gasteiger partial charge in [0.2, 0.25) is 5.91 Å². The maximum Gasteiger partial charge on any atom is 0.220 e. The average molecular weight is 289 g/mol. The van der Waals surface area contributed by atoms with E-state index in [1.807, 2.05) is 24.3 Å². The van der Waals surface area contributed by atoms with Crippen LogP contribution >= 0.6 is 0 Å². The minimum Gasteiger partial charge on any atom is -0.441 e. The number of nitrogens with one attached hydrogen (secondary N) is 2. The molecule has 0 spiro atoms. The van der Waals surface area contributed by atoms with Crippen molar-refractivity contribution in [1.29, 1.82) is 0 Å². The van der Waals surface area contributed by atoms with Gasteiger partial charge in [-0.1, -0.05) is 12.1 Å². The van der Waals surface area contributed by atoms with Gasteiger partial charge in [0, 0.05) is 38.4 Å². The fourth-order valence-electron chi connectivity index (χ4n) is 2.51. The van der Waals surface area contributed by atoms with Gasteiger partial charge in [-0.3, -0.25) is 4.79 Å². The van der Waals surface area contributed by atoms with Gasteiger partial charge in [-0.15, -0.1) is 0 Å². The molecule has 1 aliphatic rings. The number of nitrogens with zero attached hydrogens (tertiary/aromatic N) is 1. The molecule has 0 saturated carbocycles. The molecule has 2 aromatic rings. The van der Waals surface area contributed by atoms with Crippen molar-refractivity contribution in [2.45, 2.75) is 18.9 Å². The summed E-state index contributed by atoms with van der Waals surface area (Å²) < 4.78 is 5.57. The van der Waals surface area contributed by atoms with Crippen LogP contribution in [0.1, 0.15) is 12.3 Å². The molecule has 1 aromatic carbocycles. The predicted molar refractivity (Wildman–Crippen MR) is 77.7 cm³/mol. The van der Waals surface area contributed by atoms with Crippen molar-refractivity contribution in [3.05, 3.63) is 30.2 Å². The topological polar surface area (TPSA) is 87.4 Å². The fourth-order valence-corrected chi connectivity index (χ4v) is 2.51. The molecule has 0 radical (unpaired) electrons. The SMILES string of the molecule is O=C(CCc1nc2ccccc2o1)NCC1CNCC1O. The molecule has 2 atom stereocenters. The largest absolute Gasteiger partial charge is 0.441 e. The Morgan fingerprint density at radius 1 is 1.43 bits per heavy atom. The standard InChI is InChI=1S/C15H19N3O3/c19-12-9-16-7-10(12)8-17-14(20)5-6-15-18-11-3-1-2-4-13(11)21-15/h1-4,10,12,16,19H,5-9H2,(H,17,20). The van der Waals surface area contributed by atoms with Crippen molar-refractivity contribution >= 4 is 17.0 Å². The van der Waals surface area contributed by atoms with Gasteiger partial charge in [-0.05, 0) is 12.1 Å². The zero-order chi connectivity index (χ0) is 14.7. The van der Waals surface area contributed by atoms with E-state index in [2.05, 4.69) is 15.6 Å². The summed E-state index contributed by atoms with van der Waals surface area (Å²) in [6.45, 7) is 1.84. The number of rotatable bonds is 5. The van der Waals surface area contributed by atoms with Crippen molar-refractivity contribution in [2.75, 3.05) is 19.6 Å². The van der Waals surface area contributed by atoms with Crippen LogP contribution in [-0.4, -0.2) is 41.7 Å². The molecule has 0 bridgehead atoms. The van der Waals surface area contributed by atoms with Crippen LogP contribution in [0.2, 0.25) is 0 Å². The van der Waals surface area contributed by atoms with Crippen LogP contribution in [0.15, 0.2) is 28.7 Å². The molecule has 3 N–H and O–H groups in total. The molecule has 1 saturated heterocycles. The molecule has 0 aliphatic carbocycles. The zero-order valence-electron chi connectivity index (χ0n) is 11.7. The molecule has 1 aromatic heterocycles. The highest BCUT2D eigenvalue weighted by Gasteiger charge is 2.24. The van der Waals surface area contributed by atoms with E-state index in [4.69, 9.17) is 4.42 Å². The number of β-amino-alcohol motifs (C(OH)–C–C–N with tert-alkyl or cyclic N) is 1. The first-order valence-electron chi connectivity index (χ1n) is 7.22. The van der Waals surface area contributed by atoms with Crippen molar-refractivity contribution in [3.8, 4) is 0 Å². The smallest absolute Gasteiger partial charge is 0.220 e. The second-order valence-electron chi connectivity index (χ2n) is 5.37. The van der Waals surface area contributed by atoms with E-state index in [0.29, 0.717) is 31.8 Å². The first-order chi connectivity index (χ1) is 10.2. The number of aryl methyl sites for hydroxylation is 1. The van der Waals surface area contributed by atoms with E-state index >= 15 is 0 Å². The highest BCUT2D eigenvalue weighted by atomic mass is 16.3.